The molecule has 2 aromatic rings. The molecule has 0 radical (unpaired) electrons. The van der Waals surface area contributed by atoms with Crippen LogP contribution in [0.3, 0.4) is 0 Å². The van der Waals surface area contributed by atoms with Crippen molar-refractivity contribution in [1.82, 2.24) is 14.7 Å². The van der Waals surface area contributed by atoms with Crippen molar-refractivity contribution < 1.29 is 9.90 Å². The molecular weight excluding hydrogens is 294 g/mol. The van der Waals surface area contributed by atoms with Gasteiger partial charge in [-0.25, -0.2) is 4.68 Å². The van der Waals surface area contributed by atoms with Crippen molar-refractivity contribution in [2.75, 3.05) is 14.1 Å². The van der Waals surface area contributed by atoms with Gasteiger partial charge in [0.1, 0.15) is 0 Å². The number of hydrogen-bond acceptors (Lipinski definition) is 5. The van der Waals surface area contributed by atoms with Crippen LogP contribution in [-0.4, -0.2) is 39.7 Å². The fraction of sp³-hybridized carbons (Fsp3) is 0.235. The highest BCUT2D eigenvalue weighted by Gasteiger charge is 2.11. The molecule has 1 unspecified atom stereocenters. The normalized spacial score (nSPS) is 12.3. The van der Waals surface area contributed by atoms with Crippen LogP contribution in [0.4, 0.5) is 0 Å². The van der Waals surface area contributed by atoms with E-state index < -0.39 is 17.3 Å². The Morgan fingerprint density at radius 1 is 1.35 bits per heavy atom. The smallest absolute Gasteiger partial charge is 0.211 e. The molecule has 23 heavy (non-hydrogen) atoms. The number of carbonyl (C=O) groups excluding carboxylic acids is 1. The van der Waals surface area contributed by atoms with Crippen molar-refractivity contribution in [3.05, 3.63) is 70.3 Å². The molecular formula is C17H19N3O3. The molecule has 120 valence electrons. The maximum Gasteiger partial charge on any atom is 0.211 e. The van der Waals surface area contributed by atoms with Gasteiger partial charge in [0.15, 0.2) is 5.69 Å². The Morgan fingerprint density at radius 3 is 2.74 bits per heavy atom. The summed E-state index contributed by atoms with van der Waals surface area (Å²) in [5.74, 6) is -0.454. The van der Waals surface area contributed by atoms with Crippen molar-refractivity contribution in [3.8, 4) is 5.69 Å². The van der Waals surface area contributed by atoms with Crippen LogP contribution >= 0.6 is 0 Å². The zero-order valence-electron chi connectivity index (χ0n) is 13.3. The summed E-state index contributed by atoms with van der Waals surface area (Å²) in [6.45, 7) is 1.67. The van der Waals surface area contributed by atoms with Gasteiger partial charge in [0, 0.05) is 38.6 Å². The van der Waals surface area contributed by atoms with Gasteiger partial charge < -0.3 is 10.0 Å². The Bertz CT molecular complexity index is 792. The molecule has 0 saturated carbocycles. The van der Waals surface area contributed by atoms with E-state index in [0.717, 1.165) is 5.56 Å². The SMILES string of the molecule is CC(O)c1cccc(-n2ccc(=O)c(C(=O)/C=C/N(C)C)n2)c1. The minimum Gasteiger partial charge on any atom is -0.389 e. The van der Waals surface area contributed by atoms with Gasteiger partial charge in [-0.2, -0.15) is 5.10 Å². The molecule has 6 heteroatoms. The van der Waals surface area contributed by atoms with Crippen LogP contribution in [0, 0.1) is 0 Å². The second-order valence-electron chi connectivity index (χ2n) is 5.39. The van der Waals surface area contributed by atoms with Crippen LogP contribution in [0.2, 0.25) is 0 Å². The number of carbonyl (C=O) groups is 1. The van der Waals surface area contributed by atoms with E-state index in [1.165, 1.54) is 23.0 Å². The van der Waals surface area contributed by atoms with Gasteiger partial charge in [0.2, 0.25) is 11.2 Å². The van der Waals surface area contributed by atoms with E-state index in [9.17, 15) is 14.7 Å². The average Bonchev–Trinajstić information content (AvgIpc) is 2.53. The van der Waals surface area contributed by atoms with Crippen LogP contribution in [0.1, 0.15) is 29.1 Å². The summed E-state index contributed by atoms with van der Waals surface area (Å²) in [5.41, 5.74) is 0.812. The van der Waals surface area contributed by atoms with Gasteiger partial charge >= 0.3 is 0 Å². The first-order chi connectivity index (χ1) is 10.9. The van der Waals surface area contributed by atoms with Crippen molar-refractivity contribution in [1.29, 1.82) is 0 Å². The molecule has 0 aliphatic rings. The highest BCUT2D eigenvalue weighted by molar-refractivity contribution is 6.02. The van der Waals surface area contributed by atoms with Crippen LogP contribution in [0.5, 0.6) is 0 Å². The number of allylic oxidation sites excluding steroid dienone is 1. The Balaban J connectivity index is 2.43. The van der Waals surface area contributed by atoms with Gasteiger partial charge in [-0.15, -0.1) is 0 Å². The summed E-state index contributed by atoms with van der Waals surface area (Å²) >= 11 is 0. The number of rotatable bonds is 5. The minimum absolute atomic E-state index is 0.145. The molecule has 0 saturated heterocycles. The van der Waals surface area contributed by atoms with E-state index in [1.807, 2.05) is 0 Å². The molecule has 1 heterocycles. The molecule has 0 fully saturated rings. The lowest BCUT2D eigenvalue weighted by atomic mass is 10.1. The van der Waals surface area contributed by atoms with E-state index in [4.69, 9.17) is 0 Å². The first kappa shape index (κ1) is 16.6. The monoisotopic (exact) mass is 313 g/mol. The number of nitrogens with zero attached hydrogens (tertiary/aromatic N) is 3. The number of aromatic nitrogens is 2. The van der Waals surface area contributed by atoms with Crippen molar-refractivity contribution in [3.63, 3.8) is 0 Å². The van der Waals surface area contributed by atoms with Crippen molar-refractivity contribution >= 4 is 5.78 Å². The lowest BCUT2D eigenvalue weighted by Gasteiger charge is -2.10. The zero-order chi connectivity index (χ0) is 17.0. The summed E-state index contributed by atoms with van der Waals surface area (Å²) in [5, 5.41) is 13.8. The van der Waals surface area contributed by atoms with E-state index in [0.29, 0.717) is 5.69 Å². The summed E-state index contributed by atoms with van der Waals surface area (Å²) in [6.07, 6.45) is 3.75. The molecule has 0 aliphatic heterocycles. The molecule has 0 aliphatic carbocycles. The third-order valence-electron chi connectivity index (χ3n) is 3.18. The molecule has 2 rings (SSSR count). The third-order valence-corrected chi connectivity index (χ3v) is 3.18. The zero-order valence-corrected chi connectivity index (χ0v) is 13.3. The van der Waals surface area contributed by atoms with Crippen molar-refractivity contribution in [2.24, 2.45) is 0 Å². The fourth-order valence-corrected chi connectivity index (χ4v) is 1.94. The van der Waals surface area contributed by atoms with Gasteiger partial charge in [0.05, 0.1) is 11.8 Å². The molecule has 0 bridgehead atoms. The minimum atomic E-state index is -0.613. The van der Waals surface area contributed by atoms with Crippen LogP contribution in [0.15, 0.2) is 53.6 Å². The third kappa shape index (κ3) is 4.14. The predicted molar refractivity (Wildman–Crippen MR) is 87.6 cm³/mol. The van der Waals surface area contributed by atoms with Crippen molar-refractivity contribution in [2.45, 2.75) is 13.0 Å². The van der Waals surface area contributed by atoms with Gasteiger partial charge in [-0.05, 0) is 24.6 Å². The largest absolute Gasteiger partial charge is 0.389 e. The number of aliphatic hydroxyl groups excluding tert-OH is 1. The number of hydrogen-bond donors (Lipinski definition) is 1. The quantitative estimate of drug-likeness (QED) is 0.669. The molecule has 0 amide bonds. The van der Waals surface area contributed by atoms with Gasteiger partial charge in [-0.1, -0.05) is 12.1 Å². The second-order valence-corrected chi connectivity index (χ2v) is 5.39. The number of benzene rings is 1. The average molecular weight is 313 g/mol. The topological polar surface area (TPSA) is 75.4 Å². The Morgan fingerprint density at radius 2 is 2.09 bits per heavy atom. The van der Waals surface area contributed by atoms with Crippen LogP contribution < -0.4 is 5.43 Å². The summed E-state index contributed by atoms with van der Waals surface area (Å²) < 4.78 is 1.45. The van der Waals surface area contributed by atoms with Gasteiger partial charge in [0.25, 0.3) is 0 Å². The maximum absolute atomic E-state index is 12.1. The summed E-state index contributed by atoms with van der Waals surface area (Å²) in [4.78, 5) is 25.7. The first-order valence-corrected chi connectivity index (χ1v) is 7.16. The molecule has 1 aromatic carbocycles. The lowest BCUT2D eigenvalue weighted by Crippen LogP contribution is -2.20. The lowest BCUT2D eigenvalue weighted by molar-refractivity contribution is 0.103. The molecule has 1 N–H and O–H groups in total. The second kappa shape index (κ2) is 7.02. The highest BCUT2D eigenvalue weighted by atomic mass is 16.3. The molecule has 1 atom stereocenters. The van der Waals surface area contributed by atoms with E-state index in [-0.39, 0.29) is 5.69 Å². The summed E-state index contributed by atoms with van der Waals surface area (Å²) in [6, 6.07) is 8.42. The Labute approximate surface area is 134 Å². The maximum atomic E-state index is 12.1. The first-order valence-electron chi connectivity index (χ1n) is 7.16. The van der Waals surface area contributed by atoms with Gasteiger partial charge in [-0.3, -0.25) is 9.59 Å². The number of aliphatic hydroxyl groups is 1. The highest BCUT2D eigenvalue weighted by Crippen LogP contribution is 2.15. The van der Waals surface area contributed by atoms with E-state index in [1.54, 1.807) is 56.4 Å². The fourth-order valence-electron chi connectivity index (χ4n) is 1.94. The van der Waals surface area contributed by atoms with Crippen LogP contribution in [0.25, 0.3) is 5.69 Å². The predicted octanol–water partition coefficient (Wildman–Crippen LogP) is 1.54. The molecule has 6 nitrogen and oxygen atoms in total. The molecule has 1 aromatic heterocycles. The van der Waals surface area contributed by atoms with E-state index in [2.05, 4.69) is 5.10 Å². The van der Waals surface area contributed by atoms with E-state index >= 15 is 0 Å². The Kier molecular flexibility index (Phi) is 5.08. The standard InChI is InChI=1S/C17H19N3O3/c1-12(21)13-5-4-6-14(11-13)20-10-8-16(23)17(18-20)15(22)7-9-19(2)3/h4-12,21H,1-3H3/b9-7+. The Hall–Kier alpha value is -2.73. The number of ketones is 1. The molecule has 0 spiro atoms. The van der Waals surface area contributed by atoms with Crippen LogP contribution in [-0.2, 0) is 0 Å². The summed E-state index contributed by atoms with van der Waals surface area (Å²) in [7, 11) is 3.56.